The number of carbonyl (C=O) groups is 1. The van der Waals surface area contributed by atoms with Gasteiger partial charge >= 0.3 is 0 Å². The van der Waals surface area contributed by atoms with Crippen molar-refractivity contribution >= 4 is 17.5 Å². The molecule has 0 aliphatic carbocycles. The lowest BCUT2D eigenvalue weighted by Gasteiger charge is -2.09. The molecule has 0 fully saturated rings. The Morgan fingerprint density at radius 1 is 1.00 bits per heavy atom. The second kappa shape index (κ2) is 9.50. The Morgan fingerprint density at radius 3 is 2.32 bits per heavy atom. The van der Waals surface area contributed by atoms with Gasteiger partial charge in [-0.1, -0.05) is 44.2 Å². The number of nitrogens with zero attached hydrogens (tertiary/aromatic N) is 2. The number of benzene rings is 2. The minimum atomic E-state index is -0.256. The van der Waals surface area contributed by atoms with Crippen LogP contribution in [0.25, 0.3) is 0 Å². The Morgan fingerprint density at radius 2 is 1.68 bits per heavy atom. The molecule has 2 N–H and O–H groups in total. The van der Waals surface area contributed by atoms with Gasteiger partial charge in [0, 0.05) is 24.6 Å². The van der Waals surface area contributed by atoms with Crippen molar-refractivity contribution in [3.05, 3.63) is 78.1 Å². The van der Waals surface area contributed by atoms with E-state index in [1.807, 2.05) is 42.5 Å². The fourth-order valence-corrected chi connectivity index (χ4v) is 2.41. The molecule has 1 heterocycles. The molecule has 0 aliphatic rings. The first-order valence-electron chi connectivity index (χ1n) is 9.24. The van der Waals surface area contributed by atoms with Gasteiger partial charge in [0.2, 0.25) is 5.95 Å². The maximum absolute atomic E-state index is 12.3. The summed E-state index contributed by atoms with van der Waals surface area (Å²) in [6, 6.07) is 17.2. The predicted octanol–water partition coefficient (Wildman–Crippen LogP) is 4.38. The molecule has 1 aromatic heterocycles. The number of hydrogen-bond donors (Lipinski definition) is 2. The van der Waals surface area contributed by atoms with Gasteiger partial charge in [-0.15, -0.1) is 0 Å². The van der Waals surface area contributed by atoms with Gasteiger partial charge in [0.05, 0.1) is 5.56 Å². The predicted molar refractivity (Wildman–Crippen MR) is 111 cm³/mol. The molecule has 0 unspecified atom stereocenters. The minimum absolute atomic E-state index is 0.256. The summed E-state index contributed by atoms with van der Waals surface area (Å²) in [6.07, 6.45) is 3.03. The molecule has 144 valence electrons. The van der Waals surface area contributed by atoms with Crippen LogP contribution in [0.2, 0.25) is 0 Å². The number of anilines is 2. The van der Waals surface area contributed by atoms with E-state index in [0.717, 1.165) is 17.9 Å². The largest absolute Gasteiger partial charge is 0.489 e. The number of amides is 1. The molecule has 0 saturated carbocycles. The number of rotatable bonds is 8. The van der Waals surface area contributed by atoms with E-state index in [-0.39, 0.29) is 5.91 Å². The van der Waals surface area contributed by atoms with Gasteiger partial charge in [0.15, 0.2) is 0 Å². The normalized spacial score (nSPS) is 10.5. The highest BCUT2D eigenvalue weighted by Gasteiger charge is 2.08. The highest BCUT2D eigenvalue weighted by atomic mass is 16.5. The highest BCUT2D eigenvalue weighted by molar-refractivity contribution is 6.03. The zero-order chi connectivity index (χ0) is 19.8. The van der Waals surface area contributed by atoms with Crippen LogP contribution in [0.1, 0.15) is 29.8 Å². The zero-order valence-corrected chi connectivity index (χ0v) is 16.1. The van der Waals surface area contributed by atoms with Crippen molar-refractivity contribution in [2.24, 2.45) is 5.92 Å². The van der Waals surface area contributed by atoms with E-state index in [0.29, 0.717) is 29.7 Å². The fraction of sp³-hybridized carbons (Fsp3) is 0.227. The summed E-state index contributed by atoms with van der Waals surface area (Å²) in [5.74, 6) is 1.50. The van der Waals surface area contributed by atoms with Crippen molar-refractivity contribution < 1.29 is 9.53 Å². The van der Waals surface area contributed by atoms with Crippen molar-refractivity contribution in [2.75, 3.05) is 17.2 Å². The summed E-state index contributed by atoms with van der Waals surface area (Å²) in [5, 5.41) is 5.96. The van der Waals surface area contributed by atoms with E-state index in [1.165, 1.54) is 12.4 Å². The molecule has 0 atom stereocenters. The van der Waals surface area contributed by atoms with Crippen LogP contribution in [0.15, 0.2) is 67.0 Å². The van der Waals surface area contributed by atoms with Crippen LogP contribution in [-0.4, -0.2) is 22.4 Å². The zero-order valence-electron chi connectivity index (χ0n) is 16.1. The van der Waals surface area contributed by atoms with Crippen molar-refractivity contribution in [3.8, 4) is 5.75 Å². The molecule has 0 aliphatic heterocycles. The molecule has 6 heteroatoms. The molecule has 0 radical (unpaired) electrons. The van der Waals surface area contributed by atoms with Crippen LogP contribution in [0.5, 0.6) is 5.75 Å². The van der Waals surface area contributed by atoms with E-state index >= 15 is 0 Å². The van der Waals surface area contributed by atoms with Crippen LogP contribution < -0.4 is 15.4 Å². The third-order valence-corrected chi connectivity index (χ3v) is 3.94. The average Bonchev–Trinajstić information content (AvgIpc) is 2.73. The third-order valence-electron chi connectivity index (χ3n) is 3.94. The molecule has 3 rings (SSSR count). The smallest absolute Gasteiger partial charge is 0.258 e. The molecule has 3 aromatic rings. The van der Waals surface area contributed by atoms with Crippen molar-refractivity contribution in [1.29, 1.82) is 0 Å². The second-order valence-electron chi connectivity index (χ2n) is 6.82. The fourth-order valence-electron chi connectivity index (χ4n) is 2.41. The summed E-state index contributed by atoms with van der Waals surface area (Å²) in [5.41, 5.74) is 2.18. The van der Waals surface area contributed by atoms with Crippen LogP contribution >= 0.6 is 0 Å². The maximum atomic E-state index is 12.3. The van der Waals surface area contributed by atoms with Gasteiger partial charge in [-0.3, -0.25) is 4.79 Å². The summed E-state index contributed by atoms with van der Waals surface area (Å²) >= 11 is 0. The number of ether oxygens (including phenoxy) is 1. The van der Waals surface area contributed by atoms with E-state index in [1.54, 1.807) is 12.1 Å². The van der Waals surface area contributed by atoms with Crippen LogP contribution in [0.3, 0.4) is 0 Å². The molecule has 28 heavy (non-hydrogen) atoms. The monoisotopic (exact) mass is 376 g/mol. The number of carbonyl (C=O) groups excluding carboxylic acids is 1. The third kappa shape index (κ3) is 5.81. The Balaban J connectivity index is 1.52. The number of hydrogen-bond acceptors (Lipinski definition) is 5. The first kappa shape index (κ1) is 19.4. The summed E-state index contributed by atoms with van der Waals surface area (Å²) in [6.45, 7) is 5.49. The van der Waals surface area contributed by atoms with Crippen molar-refractivity contribution in [2.45, 2.75) is 20.5 Å². The first-order valence-corrected chi connectivity index (χ1v) is 9.24. The molecule has 0 saturated heterocycles. The lowest BCUT2D eigenvalue weighted by atomic mass is 10.2. The number of nitrogens with one attached hydrogen (secondary N) is 2. The van der Waals surface area contributed by atoms with E-state index < -0.39 is 0 Å². The standard InChI is InChI=1S/C22H24N4O2/c1-16(2)12-23-22-24-13-18(14-25-22)21(27)26-19-8-10-20(11-9-19)28-15-17-6-4-3-5-7-17/h3-11,13-14,16H,12,15H2,1-2H3,(H,26,27)(H,23,24,25). The van der Waals surface area contributed by atoms with Gasteiger partial charge in [-0.25, -0.2) is 9.97 Å². The van der Waals surface area contributed by atoms with Gasteiger partial charge in [-0.05, 0) is 35.7 Å². The maximum Gasteiger partial charge on any atom is 0.258 e. The molecule has 0 bridgehead atoms. The van der Waals surface area contributed by atoms with E-state index in [2.05, 4.69) is 34.4 Å². The lowest BCUT2D eigenvalue weighted by molar-refractivity contribution is 0.102. The SMILES string of the molecule is CC(C)CNc1ncc(C(=O)Nc2ccc(OCc3ccccc3)cc2)cn1. The quantitative estimate of drug-likeness (QED) is 0.610. The summed E-state index contributed by atoms with van der Waals surface area (Å²) in [4.78, 5) is 20.7. The Labute approximate surface area is 165 Å². The molecule has 0 spiro atoms. The molecule has 1 amide bonds. The Bertz CT molecular complexity index is 879. The Kier molecular flexibility index (Phi) is 6.57. The topological polar surface area (TPSA) is 76.1 Å². The number of aromatic nitrogens is 2. The lowest BCUT2D eigenvalue weighted by Crippen LogP contribution is -2.14. The Hall–Kier alpha value is -3.41. The summed E-state index contributed by atoms with van der Waals surface area (Å²) < 4.78 is 5.75. The van der Waals surface area contributed by atoms with Gasteiger partial charge in [0.25, 0.3) is 5.91 Å². The highest BCUT2D eigenvalue weighted by Crippen LogP contribution is 2.18. The average molecular weight is 376 g/mol. The van der Waals surface area contributed by atoms with Gasteiger partial charge in [-0.2, -0.15) is 0 Å². The summed E-state index contributed by atoms with van der Waals surface area (Å²) in [7, 11) is 0. The molecular weight excluding hydrogens is 352 g/mol. The van der Waals surface area contributed by atoms with Crippen LogP contribution in [0, 0.1) is 5.92 Å². The van der Waals surface area contributed by atoms with Crippen LogP contribution in [0.4, 0.5) is 11.6 Å². The van der Waals surface area contributed by atoms with Gasteiger partial charge in [0.1, 0.15) is 12.4 Å². The van der Waals surface area contributed by atoms with Crippen molar-refractivity contribution in [1.82, 2.24) is 9.97 Å². The van der Waals surface area contributed by atoms with E-state index in [9.17, 15) is 4.79 Å². The van der Waals surface area contributed by atoms with Crippen LogP contribution in [-0.2, 0) is 6.61 Å². The molecule has 2 aromatic carbocycles. The van der Waals surface area contributed by atoms with E-state index in [4.69, 9.17) is 4.74 Å². The molecular formula is C22H24N4O2. The van der Waals surface area contributed by atoms with Gasteiger partial charge < -0.3 is 15.4 Å². The first-order chi connectivity index (χ1) is 13.6. The minimum Gasteiger partial charge on any atom is -0.489 e. The second-order valence-corrected chi connectivity index (χ2v) is 6.82. The van der Waals surface area contributed by atoms with Crippen molar-refractivity contribution in [3.63, 3.8) is 0 Å². The molecule has 6 nitrogen and oxygen atoms in total.